The van der Waals surface area contributed by atoms with Crippen LogP contribution in [-0.4, -0.2) is 30.0 Å². The Morgan fingerprint density at radius 1 is 1.21 bits per heavy atom. The number of nitrogens with one attached hydrogen (secondary N) is 1. The Morgan fingerprint density at radius 2 is 2.11 bits per heavy atom. The van der Waals surface area contributed by atoms with Gasteiger partial charge in [-0.05, 0) is 30.3 Å². The molecule has 3 aromatic rings. The molecular formula is C12H11N5OS. The summed E-state index contributed by atoms with van der Waals surface area (Å²) >= 11 is 1.43. The normalized spacial score (nSPS) is 12.7. The molecule has 0 spiro atoms. The first kappa shape index (κ1) is 12.1. The van der Waals surface area contributed by atoms with E-state index in [1.54, 1.807) is 19.4 Å². The molecular weight excluding hydrogens is 262 g/mol. The summed E-state index contributed by atoms with van der Waals surface area (Å²) in [5, 5.41) is 11.0. The number of pyridine rings is 1. The summed E-state index contributed by atoms with van der Waals surface area (Å²) in [7, 11) is 0. The third kappa shape index (κ3) is 2.42. The fourth-order valence-corrected chi connectivity index (χ4v) is 2.41. The van der Waals surface area contributed by atoms with Crippen LogP contribution in [0.5, 0.6) is 0 Å². The van der Waals surface area contributed by atoms with Gasteiger partial charge in [-0.25, -0.2) is 19.9 Å². The summed E-state index contributed by atoms with van der Waals surface area (Å²) in [6.07, 6.45) is 4.23. The highest BCUT2D eigenvalue weighted by molar-refractivity contribution is 7.99. The molecule has 3 aromatic heterocycles. The van der Waals surface area contributed by atoms with E-state index in [4.69, 9.17) is 0 Å². The molecule has 0 bridgehead atoms. The van der Waals surface area contributed by atoms with Crippen molar-refractivity contribution >= 4 is 22.9 Å². The average Bonchev–Trinajstić information content (AvgIpc) is 2.89. The molecule has 0 unspecified atom stereocenters. The first-order valence-corrected chi connectivity index (χ1v) is 6.51. The van der Waals surface area contributed by atoms with E-state index in [0.717, 1.165) is 21.1 Å². The Kier molecular flexibility index (Phi) is 3.14. The fourth-order valence-electron chi connectivity index (χ4n) is 1.62. The molecule has 0 aliphatic heterocycles. The van der Waals surface area contributed by atoms with Gasteiger partial charge in [-0.3, -0.25) is 0 Å². The van der Waals surface area contributed by atoms with Crippen molar-refractivity contribution < 1.29 is 5.11 Å². The Morgan fingerprint density at radius 3 is 2.84 bits per heavy atom. The van der Waals surface area contributed by atoms with Crippen molar-refractivity contribution in [3.63, 3.8) is 0 Å². The Hall–Kier alpha value is -1.99. The SMILES string of the molecule is C[C@@H](O)c1ccc(Sc2ncnc3nc[nH]c23)nc1. The second-order valence-electron chi connectivity index (χ2n) is 3.99. The van der Waals surface area contributed by atoms with Crippen LogP contribution in [0.1, 0.15) is 18.6 Å². The van der Waals surface area contributed by atoms with Crippen molar-refractivity contribution in [1.29, 1.82) is 0 Å². The number of H-pyrrole nitrogens is 1. The van der Waals surface area contributed by atoms with Crippen molar-refractivity contribution in [2.75, 3.05) is 0 Å². The standard InChI is InChI=1S/C12H11N5OS/c1-7(18)8-2-3-9(13-4-8)19-12-10-11(15-5-14-10)16-6-17-12/h2-7,18H,1H3,(H,14,15,16,17)/t7-/m1/s1. The molecule has 7 heteroatoms. The lowest BCUT2D eigenvalue weighted by Crippen LogP contribution is -1.92. The lowest BCUT2D eigenvalue weighted by Gasteiger charge is -2.05. The second-order valence-corrected chi connectivity index (χ2v) is 5.00. The van der Waals surface area contributed by atoms with Gasteiger partial charge in [0.05, 0.1) is 12.4 Å². The maximum Gasteiger partial charge on any atom is 0.181 e. The van der Waals surface area contributed by atoms with Gasteiger partial charge in [0.1, 0.15) is 21.9 Å². The van der Waals surface area contributed by atoms with E-state index in [2.05, 4.69) is 24.9 Å². The van der Waals surface area contributed by atoms with E-state index in [1.165, 1.54) is 18.1 Å². The molecule has 3 heterocycles. The van der Waals surface area contributed by atoms with Gasteiger partial charge in [0.15, 0.2) is 5.65 Å². The number of nitrogens with zero attached hydrogens (tertiary/aromatic N) is 4. The van der Waals surface area contributed by atoms with Crippen LogP contribution < -0.4 is 0 Å². The monoisotopic (exact) mass is 273 g/mol. The van der Waals surface area contributed by atoms with Gasteiger partial charge >= 0.3 is 0 Å². The van der Waals surface area contributed by atoms with Gasteiger partial charge in [-0.2, -0.15) is 0 Å². The van der Waals surface area contributed by atoms with E-state index in [0.29, 0.717) is 5.65 Å². The van der Waals surface area contributed by atoms with Crippen LogP contribution in [0.2, 0.25) is 0 Å². The summed E-state index contributed by atoms with van der Waals surface area (Å²) < 4.78 is 0. The molecule has 0 aliphatic rings. The van der Waals surface area contributed by atoms with Crippen LogP contribution in [0.3, 0.4) is 0 Å². The van der Waals surface area contributed by atoms with Crippen LogP contribution >= 0.6 is 11.8 Å². The van der Waals surface area contributed by atoms with Crippen LogP contribution in [0.15, 0.2) is 41.0 Å². The topological polar surface area (TPSA) is 87.6 Å². The van der Waals surface area contributed by atoms with E-state index in [-0.39, 0.29) is 0 Å². The van der Waals surface area contributed by atoms with E-state index >= 15 is 0 Å². The van der Waals surface area contributed by atoms with Crippen molar-refractivity contribution in [3.8, 4) is 0 Å². The van der Waals surface area contributed by atoms with E-state index in [9.17, 15) is 5.11 Å². The smallest absolute Gasteiger partial charge is 0.181 e. The van der Waals surface area contributed by atoms with Crippen LogP contribution in [0, 0.1) is 0 Å². The van der Waals surface area contributed by atoms with Crippen molar-refractivity contribution in [2.45, 2.75) is 23.1 Å². The van der Waals surface area contributed by atoms with E-state index in [1.807, 2.05) is 12.1 Å². The van der Waals surface area contributed by atoms with E-state index < -0.39 is 6.10 Å². The van der Waals surface area contributed by atoms with Crippen LogP contribution in [-0.2, 0) is 0 Å². The number of aliphatic hydroxyl groups excluding tert-OH is 1. The molecule has 0 saturated heterocycles. The molecule has 2 N–H and O–H groups in total. The summed E-state index contributed by atoms with van der Waals surface area (Å²) in [6.45, 7) is 1.71. The third-order valence-electron chi connectivity index (χ3n) is 2.63. The maximum absolute atomic E-state index is 9.44. The van der Waals surface area contributed by atoms with Crippen LogP contribution in [0.4, 0.5) is 0 Å². The number of imidazole rings is 1. The highest BCUT2D eigenvalue weighted by Gasteiger charge is 2.09. The summed E-state index contributed by atoms with van der Waals surface area (Å²) in [5.41, 5.74) is 2.23. The number of aromatic amines is 1. The number of aromatic nitrogens is 5. The molecule has 0 amide bonds. The summed E-state index contributed by atoms with van der Waals surface area (Å²) in [4.78, 5) is 19.7. The molecule has 0 saturated carbocycles. The zero-order chi connectivity index (χ0) is 13.2. The van der Waals surface area contributed by atoms with Crippen LogP contribution in [0.25, 0.3) is 11.2 Å². The highest BCUT2D eigenvalue weighted by Crippen LogP contribution is 2.28. The minimum absolute atomic E-state index is 0.509. The predicted molar refractivity (Wildman–Crippen MR) is 70.7 cm³/mol. The molecule has 3 rings (SSSR count). The lowest BCUT2D eigenvalue weighted by atomic mass is 10.2. The molecule has 6 nitrogen and oxygen atoms in total. The summed E-state index contributed by atoms with van der Waals surface area (Å²) in [5.74, 6) is 0. The molecule has 1 atom stereocenters. The Labute approximate surface area is 113 Å². The van der Waals surface area contributed by atoms with Crippen molar-refractivity contribution in [2.24, 2.45) is 0 Å². The van der Waals surface area contributed by atoms with Gasteiger partial charge in [0.25, 0.3) is 0 Å². The maximum atomic E-state index is 9.44. The molecule has 0 aliphatic carbocycles. The minimum atomic E-state index is -0.509. The number of fused-ring (bicyclic) bond motifs is 1. The molecule has 0 radical (unpaired) electrons. The first-order chi connectivity index (χ1) is 9.24. The number of hydrogen-bond acceptors (Lipinski definition) is 6. The fraction of sp³-hybridized carbons (Fsp3) is 0.167. The lowest BCUT2D eigenvalue weighted by molar-refractivity contribution is 0.198. The van der Waals surface area contributed by atoms with Crippen molar-refractivity contribution in [3.05, 3.63) is 36.5 Å². The zero-order valence-electron chi connectivity index (χ0n) is 10.1. The minimum Gasteiger partial charge on any atom is -0.389 e. The predicted octanol–water partition coefficient (Wildman–Crippen LogP) is 1.95. The first-order valence-electron chi connectivity index (χ1n) is 5.70. The number of aliphatic hydroxyl groups is 1. The van der Waals surface area contributed by atoms with Gasteiger partial charge in [0, 0.05) is 6.20 Å². The van der Waals surface area contributed by atoms with Gasteiger partial charge in [-0.15, -0.1) is 0 Å². The number of rotatable bonds is 3. The molecule has 19 heavy (non-hydrogen) atoms. The quantitative estimate of drug-likeness (QED) is 0.709. The second kappa shape index (κ2) is 4.94. The zero-order valence-corrected chi connectivity index (χ0v) is 10.9. The van der Waals surface area contributed by atoms with Gasteiger partial charge in [0.2, 0.25) is 0 Å². The average molecular weight is 273 g/mol. The summed E-state index contributed by atoms with van der Waals surface area (Å²) in [6, 6.07) is 3.71. The Balaban J connectivity index is 1.90. The van der Waals surface area contributed by atoms with Crippen molar-refractivity contribution in [1.82, 2.24) is 24.9 Å². The largest absolute Gasteiger partial charge is 0.389 e. The highest BCUT2D eigenvalue weighted by atomic mass is 32.2. The molecule has 0 aromatic carbocycles. The van der Waals surface area contributed by atoms with Gasteiger partial charge in [-0.1, -0.05) is 6.07 Å². The molecule has 96 valence electrons. The third-order valence-corrected chi connectivity index (χ3v) is 3.58. The number of hydrogen-bond donors (Lipinski definition) is 2. The Bertz CT molecular complexity index is 695. The molecule has 0 fully saturated rings. The van der Waals surface area contributed by atoms with Gasteiger partial charge < -0.3 is 10.1 Å².